The first-order valence-corrected chi connectivity index (χ1v) is 12.2. The summed E-state index contributed by atoms with van der Waals surface area (Å²) < 4.78 is 5.91. The average Bonchev–Trinajstić information content (AvgIpc) is 3.42. The fourth-order valence-corrected chi connectivity index (χ4v) is 4.69. The number of furan rings is 1. The minimum absolute atomic E-state index is 0.00443. The van der Waals surface area contributed by atoms with Crippen LogP contribution < -0.4 is 10.6 Å². The Morgan fingerprint density at radius 1 is 1.06 bits per heavy atom. The fourth-order valence-electron chi connectivity index (χ4n) is 4.63. The largest absolute Gasteiger partial charge is 0.480 e. The van der Waals surface area contributed by atoms with Crippen LogP contribution in [0.15, 0.2) is 46.9 Å². The van der Waals surface area contributed by atoms with Gasteiger partial charge in [-0.3, -0.25) is 9.59 Å². The lowest BCUT2D eigenvalue weighted by atomic mass is 9.94. The number of fused-ring (bicyclic) bond motifs is 3. The first-order chi connectivity index (χ1) is 16.2. The monoisotopic (exact) mass is 482 g/mol. The molecule has 7 nitrogen and oxygen atoms in total. The first kappa shape index (κ1) is 24.1. The maximum Gasteiger partial charge on any atom is 0.326 e. The summed E-state index contributed by atoms with van der Waals surface area (Å²) in [7, 11) is 0. The van der Waals surface area contributed by atoms with Gasteiger partial charge in [0.1, 0.15) is 22.7 Å². The van der Waals surface area contributed by atoms with Crippen LogP contribution in [-0.4, -0.2) is 39.7 Å². The number of carbonyl (C=O) groups is 3. The number of carbonyl (C=O) groups excluding carboxylic acids is 2. The molecule has 0 saturated heterocycles. The molecule has 1 fully saturated rings. The predicted molar refractivity (Wildman–Crippen MR) is 134 cm³/mol. The number of hydrogen-bond acceptors (Lipinski definition) is 5. The Labute approximate surface area is 203 Å². The molecule has 34 heavy (non-hydrogen) atoms. The molecule has 1 aliphatic rings. The summed E-state index contributed by atoms with van der Waals surface area (Å²) in [5.41, 5.74) is 1.06. The molecular weight excluding hydrogens is 452 g/mol. The summed E-state index contributed by atoms with van der Waals surface area (Å²) in [6.45, 7) is 3.77. The van der Waals surface area contributed by atoms with Crippen molar-refractivity contribution in [2.75, 3.05) is 0 Å². The molecule has 1 aliphatic carbocycles. The van der Waals surface area contributed by atoms with Gasteiger partial charge in [-0.25, -0.2) is 4.79 Å². The number of hydrogen-bond donors (Lipinski definition) is 4. The van der Waals surface area contributed by atoms with Gasteiger partial charge in [0.05, 0.1) is 5.25 Å². The molecule has 0 bridgehead atoms. The second-order valence-corrected chi connectivity index (χ2v) is 10.0. The topological polar surface area (TPSA) is 109 Å². The number of amides is 2. The summed E-state index contributed by atoms with van der Waals surface area (Å²) in [4.78, 5) is 38.0. The number of rotatable bonds is 8. The van der Waals surface area contributed by atoms with Crippen molar-refractivity contribution in [1.82, 2.24) is 10.6 Å². The maximum absolute atomic E-state index is 13.3. The third kappa shape index (κ3) is 4.78. The van der Waals surface area contributed by atoms with Gasteiger partial charge in [0.15, 0.2) is 0 Å². The summed E-state index contributed by atoms with van der Waals surface area (Å²) in [5, 5.41) is 16.8. The van der Waals surface area contributed by atoms with Gasteiger partial charge in [0.2, 0.25) is 11.8 Å². The normalized spacial score (nSPS) is 17.1. The van der Waals surface area contributed by atoms with E-state index in [2.05, 4.69) is 23.3 Å². The zero-order valence-corrected chi connectivity index (χ0v) is 20.2. The summed E-state index contributed by atoms with van der Waals surface area (Å²) in [6.07, 6.45) is 2.61. The van der Waals surface area contributed by atoms with Gasteiger partial charge in [-0.1, -0.05) is 57.0 Å². The van der Waals surface area contributed by atoms with Gasteiger partial charge in [0, 0.05) is 17.2 Å². The minimum Gasteiger partial charge on any atom is -0.480 e. The van der Waals surface area contributed by atoms with Crippen LogP contribution in [0.4, 0.5) is 0 Å². The van der Waals surface area contributed by atoms with Gasteiger partial charge in [-0.15, -0.1) is 0 Å². The lowest BCUT2D eigenvalue weighted by Crippen LogP contribution is -2.61. The molecule has 1 aromatic heterocycles. The van der Waals surface area contributed by atoms with Crippen LogP contribution in [0.5, 0.6) is 0 Å². The van der Waals surface area contributed by atoms with E-state index in [0.717, 1.165) is 34.8 Å². The van der Waals surface area contributed by atoms with Crippen LogP contribution in [0.2, 0.25) is 0 Å². The smallest absolute Gasteiger partial charge is 0.326 e. The summed E-state index contributed by atoms with van der Waals surface area (Å²) in [6, 6.07) is 12.2. The number of nitrogens with one attached hydrogen (secondary N) is 2. The Hall–Kier alpha value is -3.00. The third-order valence-corrected chi connectivity index (χ3v) is 7.47. The number of carboxylic acids is 1. The van der Waals surface area contributed by atoms with Crippen LogP contribution in [0, 0.1) is 5.92 Å². The van der Waals surface area contributed by atoms with E-state index < -0.39 is 28.7 Å². The van der Waals surface area contributed by atoms with Crippen LogP contribution in [0.25, 0.3) is 21.9 Å². The van der Waals surface area contributed by atoms with Gasteiger partial charge >= 0.3 is 5.97 Å². The van der Waals surface area contributed by atoms with E-state index in [4.69, 9.17) is 4.42 Å². The SMILES string of the molecule is CC(C)C(S)C(=O)NC1(C(=O)N[C@@H](Cc2ccc3c(c2)oc2ccccc23)C(=O)O)CCCC1. The molecule has 1 unspecified atom stereocenters. The fraction of sp³-hybridized carbons (Fsp3) is 0.423. The Morgan fingerprint density at radius 2 is 1.74 bits per heavy atom. The molecular formula is C26H30N2O5S. The van der Waals surface area contributed by atoms with Crippen molar-refractivity contribution >= 4 is 52.4 Å². The number of thiol groups is 1. The minimum atomic E-state index is -1.14. The molecule has 0 radical (unpaired) electrons. The third-order valence-electron chi connectivity index (χ3n) is 6.64. The Balaban J connectivity index is 1.53. The predicted octanol–water partition coefficient (Wildman–Crippen LogP) is 4.08. The number of carboxylic acid groups (broad SMARTS) is 1. The van der Waals surface area contributed by atoms with Gasteiger partial charge in [-0.05, 0) is 36.5 Å². The molecule has 0 spiro atoms. The van der Waals surface area contributed by atoms with E-state index in [1.54, 1.807) is 0 Å². The Bertz CT molecular complexity index is 1230. The molecule has 2 amide bonds. The molecule has 3 aromatic rings. The van der Waals surface area contributed by atoms with Gasteiger partial charge in [0.25, 0.3) is 0 Å². The molecule has 2 aromatic carbocycles. The number of benzene rings is 2. The van der Waals surface area contributed by atoms with Crippen LogP contribution in [-0.2, 0) is 20.8 Å². The Morgan fingerprint density at radius 3 is 2.41 bits per heavy atom. The molecule has 2 atom stereocenters. The molecule has 1 saturated carbocycles. The molecule has 3 N–H and O–H groups in total. The average molecular weight is 483 g/mol. The highest BCUT2D eigenvalue weighted by molar-refractivity contribution is 7.81. The molecule has 0 aliphatic heterocycles. The van der Waals surface area contributed by atoms with Gasteiger partial charge in [-0.2, -0.15) is 12.6 Å². The highest BCUT2D eigenvalue weighted by atomic mass is 32.1. The van der Waals surface area contributed by atoms with E-state index in [1.165, 1.54) is 0 Å². The number of para-hydroxylation sites is 1. The van der Waals surface area contributed by atoms with E-state index in [-0.39, 0.29) is 18.2 Å². The van der Waals surface area contributed by atoms with Crippen LogP contribution in [0.1, 0.15) is 45.1 Å². The summed E-state index contributed by atoms with van der Waals surface area (Å²) in [5.74, 6) is -1.89. The van der Waals surface area contributed by atoms with E-state index >= 15 is 0 Å². The van der Waals surface area contributed by atoms with Crippen molar-refractivity contribution in [2.45, 2.75) is 62.8 Å². The quantitative estimate of drug-likeness (QED) is 0.362. The standard InChI is InChI=1S/C26H30N2O5S/c1-15(2)22(34)23(29)28-26(11-5-6-12-26)25(32)27-19(24(30)31)13-16-9-10-18-17-7-3-4-8-20(17)33-21(18)14-16/h3-4,7-10,14-15,19,22,34H,5-6,11-13H2,1-2H3,(H,27,32)(H,28,29)(H,30,31)/t19-,22?/m0/s1. The zero-order valence-electron chi connectivity index (χ0n) is 19.3. The number of aliphatic carboxylic acids is 1. The van der Waals surface area contributed by atoms with Crippen molar-refractivity contribution < 1.29 is 23.9 Å². The summed E-state index contributed by atoms with van der Waals surface area (Å²) >= 11 is 4.37. The Kier molecular flexibility index (Phi) is 6.89. The van der Waals surface area contributed by atoms with Crippen molar-refractivity contribution in [3.8, 4) is 0 Å². The van der Waals surface area contributed by atoms with Gasteiger partial charge < -0.3 is 20.2 Å². The van der Waals surface area contributed by atoms with E-state index in [0.29, 0.717) is 18.4 Å². The van der Waals surface area contributed by atoms with Crippen molar-refractivity contribution in [2.24, 2.45) is 5.92 Å². The molecule has 180 valence electrons. The molecule has 8 heteroatoms. The van der Waals surface area contributed by atoms with Crippen molar-refractivity contribution in [1.29, 1.82) is 0 Å². The second kappa shape index (κ2) is 9.70. The highest BCUT2D eigenvalue weighted by Gasteiger charge is 2.44. The lowest BCUT2D eigenvalue weighted by molar-refractivity contribution is -0.143. The molecule has 1 heterocycles. The van der Waals surface area contributed by atoms with Crippen molar-refractivity contribution in [3.05, 3.63) is 48.0 Å². The van der Waals surface area contributed by atoms with E-state index in [9.17, 15) is 19.5 Å². The second-order valence-electron chi connectivity index (χ2n) is 9.46. The molecule has 4 rings (SSSR count). The zero-order chi connectivity index (χ0) is 24.5. The van der Waals surface area contributed by atoms with E-state index in [1.807, 2.05) is 56.3 Å². The van der Waals surface area contributed by atoms with Crippen LogP contribution in [0.3, 0.4) is 0 Å². The first-order valence-electron chi connectivity index (χ1n) is 11.6. The lowest BCUT2D eigenvalue weighted by Gasteiger charge is -2.32. The maximum atomic E-state index is 13.3. The van der Waals surface area contributed by atoms with Crippen LogP contribution >= 0.6 is 12.6 Å². The van der Waals surface area contributed by atoms with Crippen molar-refractivity contribution in [3.63, 3.8) is 0 Å². The highest BCUT2D eigenvalue weighted by Crippen LogP contribution is 2.32.